The SMILES string of the molecule is CCOc1cc(C)c(C)cc1C(=O)CN1CCOCC1. The monoisotopic (exact) mass is 277 g/mol. The van der Waals surface area contributed by atoms with Gasteiger partial charge in [-0.05, 0) is 44.0 Å². The second-order valence-corrected chi connectivity index (χ2v) is 5.18. The van der Waals surface area contributed by atoms with Crippen molar-refractivity contribution >= 4 is 5.78 Å². The average Bonchev–Trinajstić information content (AvgIpc) is 2.44. The summed E-state index contributed by atoms with van der Waals surface area (Å²) in [6, 6.07) is 3.91. The van der Waals surface area contributed by atoms with Crippen LogP contribution >= 0.6 is 0 Å². The molecule has 0 amide bonds. The third-order valence-electron chi connectivity index (χ3n) is 3.67. The van der Waals surface area contributed by atoms with Crippen LogP contribution in [0.5, 0.6) is 5.75 Å². The number of ether oxygens (including phenoxy) is 2. The second-order valence-electron chi connectivity index (χ2n) is 5.18. The molecule has 1 heterocycles. The number of rotatable bonds is 5. The van der Waals surface area contributed by atoms with Gasteiger partial charge in [0.05, 0.1) is 31.9 Å². The first-order valence-electron chi connectivity index (χ1n) is 7.19. The van der Waals surface area contributed by atoms with Gasteiger partial charge in [-0.1, -0.05) is 0 Å². The Morgan fingerprint density at radius 1 is 1.25 bits per heavy atom. The third-order valence-corrected chi connectivity index (χ3v) is 3.67. The van der Waals surface area contributed by atoms with Gasteiger partial charge in [0.15, 0.2) is 5.78 Å². The van der Waals surface area contributed by atoms with Crippen LogP contribution in [-0.2, 0) is 4.74 Å². The number of ketones is 1. The highest BCUT2D eigenvalue weighted by atomic mass is 16.5. The minimum atomic E-state index is 0.124. The van der Waals surface area contributed by atoms with E-state index in [0.29, 0.717) is 37.7 Å². The molecule has 4 nitrogen and oxygen atoms in total. The molecule has 1 saturated heterocycles. The van der Waals surface area contributed by atoms with Crippen molar-refractivity contribution in [3.05, 3.63) is 28.8 Å². The first-order chi connectivity index (χ1) is 9.61. The molecule has 1 aromatic carbocycles. The summed E-state index contributed by atoms with van der Waals surface area (Å²) < 4.78 is 10.9. The van der Waals surface area contributed by atoms with E-state index in [4.69, 9.17) is 9.47 Å². The Morgan fingerprint density at radius 2 is 1.90 bits per heavy atom. The molecule has 1 aromatic rings. The molecule has 0 unspecified atom stereocenters. The Morgan fingerprint density at radius 3 is 2.55 bits per heavy atom. The topological polar surface area (TPSA) is 38.8 Å². The van der Waals surface area contributed by atoms with Gasteiger partial charge in [0, 0.05) is 13.1 Å². The van der Waals surface area contributed by atoms with Crippen LogP contribution in [0.4, 0.5) is 0 Å². The Balaban J connectivity index is 2.16. The van der Waals surface area contributed by atoms with Gasteiger partial charge in [-0.25, -0.2) is 0 Å². The number of hydrogen-bond acceptors (Lipinski definition) is 4. The van der Waals surface area contributed by atoms with E-state index in [9.17, 15) is 4.79 Å². The molecule has 0 N–H and O–H groups in total. The molecular weight excluding hydrogens is 254 g/mol. The van der Waals surface area contributed by atoms with Gasteiger partial charge < -0.3 is 9.47 Å². The summed E-state index contributed by atoms with van der Waals surface area (Å²) in [5.74, 6) is 0.826. The fraction of sp³-hybridized carbons (Fsp3) is 0.562. The molecule has 0 bridgehead atoms. The van der Waals surface area contributed by atoms with Crippen LogP contribution in [0.25, 0.3) is 0 Å². The smallest absolute Gasteiger partial charge is 0.180 e. The van der Waals surface area contributed by atoms with E-state index in [2.05, 4.69) is 4.90 Å². The maximum atomic E-state index is 12.5. The quantitative estimate of drug-likeness (QED) is 0.774. The summed E-state index contributed by atoms with van der Waals surface area (Å²) in [6.07, 6.45) is 0. The molecule has 1 aliphatic rings. The van der Waals surface area contributed by atoms with Crippen LogP contribution in [0.15, 0.2) is 12.1 Å². The van der Waals surface area contributed by atoms with Crippen LogP contribution in [0.1, 0.15) is 28.4 Å². The summed E-state index contributed by atoms with van der Waals surface area (Å²) in [5.41, 5.74) is 2.97. The number of morpholine rings is 1. The van der Waals surface area contributed by atoms with Crippen LogP contribution < -0.4 is 4.74 Å². The van der Waals surface area contributed by atoms with Gasteiger partial charge >= 0.3 is 0 Å². The Hall–Kier alpha value is -1.39. The molecule has 1 fully saturated rings. The lowest BCUT2D eigenvalue weighted by Crippen LogP contribution is -2.39. The van der Waals surface area contributed by atoms with Crippen LogP contribution in [0, 0.1) is 13.8 Å². The predicted octanol–water partition coefficient (Wildman–Crippen LogP) is 2.22. The zero-order valence-corrected chi connectivity index (χ0v) is 12.6. The highest BCUT2D eigenvalue weighted by molar-refractivity contribution is 6.00. The van der Waals surface area contributed by atoms with Crippen molar-refractivity contribution in [2.24, 2.45) is 0 Å². The number of nitrogens with zero attached hydrogens (tertiary/aromatic N) is 1. The van der Waals surface area contributed by atoms with Crippen molar-refractivity contribution in [1.82, 2.24) is 4.90 Å². The van der Waals surface area contributed by atoms with E-state index in [1.165, 1.54) is 0 Å². The van der Waals surface area contributed by atoms with E-state index < -0.39 is 0 Å². The predicted molar refractivity (Wildman–Crippen MR) is 78.7 cm³/mol. The molecule has 20 heavy (non-hydrogen) atoms. The molecule has 0 aliphatic carbocycles. The Bertz CT molecular complexity index is 479. The highest BCUT2D eigenvalue weighted by Gasteiger charge is 2.19. The lowest BCUT2D eigenvalue weighted by molar-refractivity contribution is 0.0370. The number of hydrogen-bond donors (Lipinski definition) is 0. The van der Waals surface area contributed by atoms with E-state index in [1.807, 2.05) is 32.9 Å². The molecule has 0 spiro atoms. The van der Waals surface area contributed by atoms with Gasteiger partial charge in [-0.15, -0.1) is 0 Å². The van der Waals surface area contributed by atoms with Crippen molar-refractivity contribution in [3.8, 4) is 5.75 Å². The molecule has 110 valence electrons. The first-order valence-corrected chi connectivity index (χ1v) is 7.19. The summed E-state index contributed by atoms with van der Waals surface area (Å²) >= 11 is 0. The minimum absolute atomic E-state index is 0.124. The number of Topliss-reactive ketones (excluding diaryl/α,β-unsaturated/α-hetero) is 1. The Kier molecular flexibility index (Phi) is 5.15. The molecule has 1 aliphatic heterocycles. The number of carbonyl (C=O) groups is 1. The highest BCUT2D eigenvalue weighted by Crippen LogP contribution is 2.24. The van der Waals surface area contributed by atoms with Crippen molar-refractivity contribution in [2.75, 3.05) is 39.5 Å². The van der Waals surface area contributed by atoms with Crippen molar-refractivity contribution < 1.29 is 14.3 Å². The molecule has 2 rings (SSSR count). The molecule has 0 radical (unpaired) electrons. The molecule has 0 saturated carbocycles. The zero-order chi connectivity index (χ0) is 14.5. The fourth-order valence-electron chi connectivity index (χ4n) is 2.33. The van der Waals surface area contributed by atoms with E-state index in [1.54, 1.807) is 0 Å². The van der Waals surface area contributed by atoms with Gasteiger partial charge in [0.2, 0.25) is 0 Å². The van der Waals surface area contributed by atoms with Crippen molar-refractivity contribution in [3.63, 3.8) is 0 Å². The minimum Gasteiger partial charge on any atom is -0.493 e. The fourth-order valence-corrected chi connectivity index (χ4v) is 2.33. The number of carbonyl (C=O) groups excluding carboxylic acids is 1. The maximum Gasteiger partial charge on any atom is 0.180 e. The summed E-state index contributed by atoms with van der Waals surface area (Å²) in [5, 5.41) is 0. The van der Waals surface area contributed by atoms with Gasteiger partial charge in [0.1, 0.15) is 5.75 Å². The van der Waals surface area contributed by atoms with Gasteiger partial charge in [0.25, 0.3) is 0 Å². The van der Waals surface area contributed by atoms with Crippen molar-refractivity contribution in [2.45, 2.75) is 20.8 Å². The normalized spacial score (nSPS) is 16.1. The van der Waals surface area contributed by atoms with Crippen molar-refractivity contribution in [1.29, 1.82) is 0 Å². The number of benzene rings is 1. The molecule has 0 atom stereocenters. The lowest BCUT2D eigenvalue weighted by Gasteiger charge is -2.26. The third kappa shape index (κ3) is 3.58. The standard InChI is InChI=1S/C16H23NO3/c1-4-20-16-10-13(3)12(2)9-14(16)15(18)11-17-5-7-19-8-6-17/h9-10H,4-8,11H2,1-3H3. The second kappa shape index (κ2) is 6.86. The Labute approximate surface area is 120 Å². The van der Waals surface area contributed by atoms with E-state index in [0.717, 1.165) is 24.2 Å². The average molecular weight is 277 g/mol. The van der Waals surface area contributed by atoms with Crippen LogP contribution in [0.3, 0.4) is 0 Å². The van der Waals surface area contributed by atoms with E-state index >= 15 is 0 Å². The van der Waals surface area contributed by atoms with Crippen LogP contribution in [-0.4, -0.2) is 50.1 Å². The van der Waals surface area contributed by atoms with Crippen LogP contribution in [0.2, 0.25) is 0 Å². The first kappa shape index (κ1) is 15.0. The zero-order valence-electron chi connectivity index (χ0n) is 12.6. The lowest BCUT2D eigenvalue weighted by atomic mass is 10.0. The largest absolute Gasteiger partial charge is 0.493 e. The van der Waals surface area contributed by atoms with Gasteiger partial charge in [-0.2, -0.15) is 0 Å². The summed E-state index contributed by atoms with van der Waals surface area (Å²) in [6.45, 7) is 10.1. The number of aryl methyl sites for hydroxylation is 2. The molecular formula is C16H23NO3. The molecule has 4 heteroatoms. The molecule has 0 aromatic heterocycles. The summed E-state index contributed by atoms with van der Waals surface area (Å²) in [7, 11) is 0. The maximum absolute atomic E-state index is 12.5. The van der Waals surface area contributed by atoms with Gasteiger partial charge in [-0.3, -0.25) is 9.69 Å². The summed E-state index contributed by atoms with van der Waals surface area (Å²) in [4.78, 5) is 14.6. The van der Waals surface area contributed by atoms with E-state index in [-0.39, 0.29) is 5.78 Å².